The van der Waals surface area contributed by atoms with Gasteiger partial charge in [0.1, 0.15) is 5.82 Å². The van der Waals surface area contributed by atoms with E-state index in [1.807, 2.05) is 10.2 Å². The molecule has 1 rings (SSSR count). The van der Waals surface area contributed by atoms with Crippen molar-refractivity contribution in [1.82, 2.24) is 3.11 Å². The number of hydrogen-bond donors (Lipinski definition) is 0. The van der Waals surface area contributed by atoms with Gasteiger partial charge in [-0.2, -0.15) is 0 Å². The van der Waals surface area contributed by atoms with Crippen LogP contribution >= 0.6 is 22.9 Å². The molecule has 0 radical (unpaired) electrons. The molecule has 60 valence electrons. The molecule has 0 aliphatic heterocycles. The van der Waals surface area contributed by atoms with Crippen LogP contribution in [0.3, 0.4) is 0 Å². The Morgan fingerprint density at radius 2 is 1.91 bits per heavy atom. The Balaban J connectivity index is 2.66. The number of nitrogens with zero attached hydrogens (tertiary/aromatic N) is 1. The van der Waals surface area contributed by atoms with Crippen molar-refractivity contribution in [2.24, 2.45) is 0 Å². The van der Waals surface area contributed by atoms with E-state index in [1.165, 1.54) is 12.1 Å². The van der Waals surface area contributed by atoms with Crippen molar-refractivity contribution < 1.29 is 4.39 Å². The lowest BCUT2D eigenvalue weighted by Crippen LogP contribution is -2.02. The second kappa shape index (κ2) is 4.01. The summed E-state index contributed by atoms with van der Waals surface area (Å²) in [5, 5.41) is 0. The Labute approximate surface area is 79.7 Å². The summed E-state index contributed by atoms with van der Waals surface area (Å²) in [6.45, 7) is 0.848. The van der Waals surface area contributed by atoms with Crippen LogP contribution in [0.4, 0.5) is 4.39 Å². The highest BCUT2D eigenvalue weighted by atomic mass is 127. The molecule has 0 spiro atoms. The Morgan fingerprint density at radius 1 is 1.36 bits per heavy atom. The first-order valence-electron chi connectivity index (χ1n) is 3.30. The van der Waals surface area contributed by atoms with Crippen molar-refractivity contribution in [3.63, 3.8) is 0 Å². The SMILES string of the molecule is CN(I)Cc1ccc(F)cc1. The van der Waals surface area contributed by atoms with Crippen molar-refractivity contribution in [2.75, 3.05) is 7.05 Å². The molecule has 0 aliphatic carbocycles. The van der Waals surface area contributed by atoms with E-state index in [0.29, 0.717) is 0 Å². The average molecular weight is 265 g/mol. The molecule has 0 amide bonds. The van der Waals surface area contributed by atoms with E-state index in [-0.39, 0.29) is 5.82 Å². The van der Waals surface area contributed by atoms with Gasteiger partial charge in [0.2, 0.25) is 0 Å². The molecule has 0 aliphatic rings. The molecule has 3 heteroatoms. The van der Waals surface area contributed by atoms with Gasteiger partial charge in [-0.25, -0.2) is 7.50 Å². The Morgan fingerprint density at radius 3 is 2.36 bits per heavy atom. The Bertz CT molecular complexity index is 220. The minimum Gasteiger partial charge on any atom is -0.246 e. The predicted molar refractivity (Wildman–Crippen MR) is 51.9 cm³/mol. The van der Waals surface area contributed by atoms with E-state index in [9.17, 15) is 4.39 Å². The molecular weight excluding hydrogens is 256 g/mol. The fraction of sp³-hybridized carbons (Fsp3) is 0.250. The van der Waals surface area contributed by atoms with Crippen molar-refractivity contribution >= 4 is 22.9 Å². The third kappa shape index (κ3) is 3.16. The molecular formula is C8H9FIN. The van der Waals surface area contributed by atoms with E-state index in [2.05, 4.69) is 22.9 Å². The number of halogens is 2. The van der Waals surface area contributed by atoms with Crippen molar-refractivity contribution in [3.05, 3.63) is 35.6 Å². The van der Waals surface area contributed by atoms with Gasteiger partial charge in [-0.3, -0.25) is 0 Å². The maximum atomic E-state index is 12.4. The second-order valence-electron chi connectivity index (χ2n) is 2.39. The zero-order valence-corrected chi connectivity index (χ0v) is 8.38. The predicted octanol–water partition coefficient (Wildman–Crippen LogP) is 2.61. The molecule has 1 aromatic rings. The van der Waals surface area contributed by atoms with Crippen molar-refractivity contribution in [2.45, 2.75) is 6.54 Å². The van der Waals surface area contributed by atoms with Crippen LogP contribution in [-0.2, 0) is 6.54 Å². The summed E-state index contributed by atoms with van der Waals surface area (Å²) < 4.78 is 14.4. The van der Waals surface area contributed by atoms with Gasteiger partial charge in [-0.05, 0) is 24.7 Å². The van der Waals surface area contributed by atoms with E-state index >= 15 is 0 Å². The lowest BCUT2D eigenvalue weighted by atomic mass is 10.2. The zero-order chi connectivity index (χ0) is 8.27. The molecule has 0 N–H and O–H groups in total. The molecule has 0 heterocycles. The fourth-order valence-corrected chi connectivity index (χ4v) is 1.24. The molecule has 0 unspecified atom stereocenters. The van der Waals surface area contributed by atoms with E-state index in [4.69, 9.17) is 0 Å². The Hall–Kier alpha value is -0.160. The van der Waals surface area contributed by atoms with Gasteiger partial charge in [0, 0.05) is 29.4 Å². The Kier molecular flexibility index (Phi) is 3.26. The van der Waals surface area contributed by atoms with Crippen LogP contribution < -0.4 is 0 Å². The van der Waals surface area contributed by atoms with Gasteiger partial charge in [-0.1, -0.05) is 12.1 Å². The molecule has 0 aromatic heterocycles. The van der Waals surface area contributed by atoms with Crippen molar-refractivity contribution in [1.29, 1.82) is 0 Å². The van der Waals surface area contributed by atoms with Crippen LogP contribution in [0.5, 0.6) is 0 Å². The molecule has 0 atom stereocenters. The van der Waals surface area contributed by atoms with E-state index in [1.54, 1.807) is 12.1 Å². The monoisotopic (exact) mass is 265 g/mol. The highest BCUT2D eigenvalue weighted by Crippen LogP contribution is 2.07. The summed E-state index contributed by atoms with van der Waals surface area (Å²) in [7, 11) is 1.98. The minimum absolute atomic E-state index is 0.176. The van der Waals surface area contributed by atoms with Gasteiger partial charge in [0.05, 0.1) is 0 Å². The first kappa shape index (κ1) is 8.93. The van der Waals surface area contributed by atoms with E-state index in [0.717, 1.165) is 12.1 Å². The topological polar surface area (TPSA) is 3.24 Å². The molecule has 0 fully saturated rings. The van der Waals surface area contributed by atoms with Gasteiger partial charge >= 0.3 is 0 Å². The summed E-state index contributed by atoms with van der Waals surface area (Å²) >= 11 is 2.19. The molecule has 11 heavy (non-hydrogen) atoms. The highest BCUT2D eigenvalue weighted by molar-refractivity contribution is 14.1. The highest BCUT2D eigenvalue weighted by Gasteiger charge is 1.95. The average Bonchev–Trinajstić information content (AvgIpc) is 1.93. The minimum atomic E-state index is -0.176. The van der Waals surface area contributed by atoms with Crippen molar-refractivity contribution in [3.8, 4) is 0 Å². The molecule has 0 saturated carbocycles. The summed E-state index contributed by atoms with van der Waals surface area (Å²) in [5.74, 6) is -0.176. The third-order valence-electron chi connectivity index (χ3n) is 1.31. The van der Waals surface area contributed by atoms with Crippen LogP contribution in [-0.4, -0.2) is 10.2 Å². The first-order valence-corrected chi connectivity index (χ1v) is 4.26. The molecule has 1 aromatic carbocycles. The lowest BCUT2D eigenvalue weighted by molar-refractivity contribution is 0.602. The summed E-state index contributed by atoms with van der Waals surface area (Å²) in [6.07, 6.45) is 0. The third-order valence-corrected chi connectivity index (χ3v) is 1.65. The lowest BCUT2D eigenvalue weighted by Gasteiger charge is -2.06. The van der Waals surface area contributed by atoms with E-state index < -0.39 is 0 Å². The van der Waals surface area contributed by atoms with Gasteiger partial charge in [-0.15, -0.1) is 0 Å². The molecule has 0 saturated heterocycles. The second-order valence-corrected chi connectivity index (χ2v) is 4.04. The van der Waals surface area contributed by atoms with Crippen LogP contribution in [0.1, 0.15) is 5.56 Å². The number of rotatable bonds is 2. The van der Waals surface area contributed by atoms with Gasteiger partial charge in [0.15, 0.2) is 0 Å². The van der Waals surface area contributed by atoms with Crippen LogP contribution in [0.2, 0.25) is 0 Å². The number of hydrogen-bond acceptors (Lipinski definition) is 1. The largest absolute Gasteiger partial charge is 0.246 e. The normalized spacial score (nSPS) is 10.5. The quantitative estimate of drug-likeness (QED) is 0.587. The number of benzene rings is 1. The zero-order valence-electron chi connectivity index (χ0n) is 6.22. The smallest absolute Gasteiger partial charge is 0.123 e. The maximum Gasteiger partial charge on any atom is 0.123 e. The molecule has 0 bridgehead atoms. The summed E-state index contributed by atoms with van der Waals surface area (Å²) in [4.78, 5) is 0. The van der Waals surface area contributed by atoms with Gasteiger partial charge in [0.25, 0.3) is 0 Å². The van der Waals surface area contributed by atoms with Crippen LogP contribution in [0, 0.1) is 5.82 Å². The van der Waals surface area contributed by atoms with Crippen LogP contribution in [0.15, 0.2) is 24.3 Å². The van der Waals surface area contributed by atoms with Gasteiger partial charge < -0.3 is 0 Å². The maximum absolute atomic E-state index is 12.4. The molecule has 1 nitrogen and oxygen atoms in total. The summed E-state index contributed by atoms with van der Waals surface area (Å²) in [5.41, 5.74) is 1.13. The summed E-state index contributed by atoms with van der Waals surface area (Å²) in [6, 6.07) is 6.56. The standard InChI is InChI=1S/C8H9FIN/c1-11(10)6-7-2-4-8(9)5-3-7/h2-5H,6H2,1H3. The van der Waals surface area contributed by atoms with Crippen LogP contribution in [0.25, 0.3) is 0 Å². The first-order chi connectivity index (χ1) is 5.18. The fourth-order valence-electron chi connectivity index (χ4n) is 0.841.